The van der Waals surface area contributed by atoms with Crippen LogP contribution in [0.5, 0.6) is 0 Å². The third-order valence-electron chi connectivity index (χ3n) is 0. The predicted octanol–water partition coefficient (Wildman–Crippen LogP) is 1.70. The molecule has 0 rings (SSSR count). The van der Waals surface area contributed by atoms with Crippen LogP contribution < -0.4 is 0 Å². The summed E-state index contributed by atoms with van der Waals surface area (Å²) in [7, 11) is 0. The third kappa shape index (κ3) is 2210. The Labute approximate surface area is 40.3 Å². The van der Waals surface area contributed by atoms with Gasteiger partial charge in [0.2, 0.25) is 0 Å². The molecular formula is C4H10S. The molecule has 32 valence electrons. The largest absolute Gasteiger partial charge is 0.197 e. The van der Waals surface area contributed by atoms with Crippen LogP contribution >= 0.6 is 13.5 Å². The highest BCUT2D eigenvalue weighted by molar-refractivity contribution is 7.59. The molecule has 0 aliphatic carbocycles. The topological polar surface area (TPSA) is 0 Å². The zero-order valence-electron chi connectivity index (χ0n) is 3.71. The summed E-state index contributed by atoms with van der Waals surface area (Å²) >= 11 is 0. The zero-order chi connectivity index (χ0) is 3.58. The van der Waals surface area contributed by atoms with Gasteiger partial charge in [-0.1, -0.05) is 5.57 Å². The van der Waals surface area contributed by atoms with Crippen LogP contribution in [0.15, 0.2) is 12.2 Å². The maximum atomic E-state index is 3.56. The molecule has 5 heavy (non-hydrogen) atoms. The maximum Gasteiger partial charge on any atom is -0.0445 e. The highest BCUT2D eigenvalue weighted by Gasteiger charge is 1.51. The lowest BCUT2D eigenvalue weighted by Gasteiger charge is -1.65. The zero-order valence-corrected chi connectivity index (χ0v) is 4.71. The van der Waals surface area contributed by atoms with E-state index in [9.17, 15) is 0 Å². The van der Waals surface area contributed by atoms with Gasteiger partial charge in [-0.15, -0.1) is 6.58 Å². The summed E-state index contributed by atoms with van der Waals surface area (Å²) in [5, 5.41) is 0. The van der Waals surface area contributed by atoms with Gasteiger partial charge in [0.25, 0.3) is 0 Å². The summed E-state index contributed by atoms with van der Waals surface area (Å²) in [5.74, 6) is 0. The average Bonchev–Trinajstić information content (AvgIpc) is 0.811. The monoisotopic (exact) mass is 90.1 g/mol. The molecule has 0 saturated heterocycles. The third-order valence-corrected chi connectivity index (χ3v) is 0. The fourth-order valence-electron chi connectivity index (χ4n) is 0. The number of allylic oxidation sites excluding steroid dienone is 1. The Bertz CT molecular complexity index is 26.6. The van der Waals surface area contributed by atoms with Crippen molar-refractivity contribution in [3.05, 3.63) is 12.2 Å². The van der Waals surface area contributed by atoms with E-state index in [4.69, 9.17) is 0 Å². The van der Waals surface area contributed by atoms with Crippen LogP contribution in [0.2, 0.25) is 0 Å². The Kier molecular flexibility index (Phi) is 7.29. The van der Waals surface area contributed by atoms with E-state index in [0.717, 1.165) is 0 Å². The first-order chi connectivity index (χ1) is 1.73. The Morgan fingerprint density at radius 2 is 1.40 bits per heavy atom. The summed E-state index contributed by atoms with van der Waals surface area (Å²) in [6.45, 7) is 7.50. The van der Waals surface area contributed by atoms with E-state index >= 15 is 0 Å². The second-order valence-electron chi connectivity index (χ2n) is 1.21. The molecule has 0 unspecified atom stereocenters. The van der Waals surface area contributed by atoms with E-state index < -0.39 is 0 Å². The van der Waals surface area contributed by atoms with Crippen molar-refractivity contribution in [3.8, 4) is 0 Å². The molecule has 0 aromatic carbocycles. The van der Waals surface area contributed by atoms with Gasteiger partial charge in [-0.05, 0) is 13.8 Å². The molecule has 1 heteroatoms. The van der Waals surface area contributed by atoms with Crippen LogP contribution in [0.1, 0.15) is 13.8 Å². The molecule has 0 saturated carbocycles. The van der Waals surface area contributed by atoms with E-state index in [1.165, 1.54) is 5.57 Å². The minimum Gasteiger partial charge on any atom is -0.197 e. The van der Waals surface area contributed by atoms with E-state index in [-0.39, 0.29) is 13.5 Å². The quantitative estimate of drug-likeness (QED) is 0.397. The van der Waals surface area contributed by atoms with Crippen LogP contribution in [-0.2, 0) is 0 Å². The molecule has 0 spiro atoms. The maximum absolute atomic E-state index is 3.56. The number of hydrogen-bond donors (Lipinski definition) is 0. The van der Waals surface area contributed by atoms with Gasteiger partial charge in [0, 0.05) is 0 Å². The molecule has 0 aromatic rings. The van der Waals surface area contributed by atoms with Gasteiger partial charge >= 0.3 is 0 Å². The summed E-state index contributed by atoms with van der Waals surface area (Å²) in [5.41, 5.74) is 1.17. The molecule has 0 amide bonds. The van der Waals surface area contributed by atoms with Gasteiger partial charge in [-0.3, -0.25) is 0 Å². The minimum absolute atomic E-state index is 0. The highest BCUT2D eigenvalue weighted by atomic mass is 32.1. The van der Waals surface area contributed by atoms with E-state index in [1.54, 1.807) is 0 Å². The van der Waals surface area contributed by atoms with Crippen LogP contribution in [0.4, 0.5) is 0 Å². The first-order valence-corrected chi connectivity index (χ1v) is 1.35. The van der Waals surface area contributed by atoms with Crippen molar-refractivity contribution in [1.29, 1.82) is 0 Å². The first kappa shape index (κ1) is 8.92. The molecule has 0 aromatic heterocycles. The molecule has 0 aliphatic rings. The van der Waals surface area contributed by atoms with Gasteiger partial charge in [0.1, 0.15) is 0 Å². The van der Waals surface area contributed by atoms with Crippen molar-refractivity contribution in [3.63, 3.8) is 0 Å². The van der Waals surface area contributed by atoms with Crippen molar-refractivity contribution in [2.45, 2.75) is 13.8 Å². The summed E-state index contributed by atoms with van der Waals surface area (Å²) in [6, 6.07) is 0. The van der Waals surface area contributed by atoms with Crippen molar-refractivity contribution in [2.24, 2.45) is 0 Å². The van der Waals surface area contributed by atoms with Crippen LogP contribution in [-0.4, -0.2) is 0 Å². The Hall–Kier alpha value is 0.0900. The smallest absolute Gasteiger partial charge is 0.0445 e. The molecule has 0 fully saturated rings. The Morgan fingerprint density at radius 3 is 1.40 bits per heavy atom. The van der Waals surface area contributed by atoms with Crippen LogP contribution in [0.3, 0.4) is 0 Å². The van der Waals surface area contributed by atoms with Gasteiger partial charge in [-0.25, -0.2) is 0 Å². The molecule has 0 bridgehead atoms. The SMILES string of the molecule is C=C(C)C.S. The van der Waals surface area contributed by atoms with Crippen molar-refractivity contribution < 1.29 is 0 Å². The molecule has 0 heterocycles. The van der Waals surface area contributed by atoms with E-state index in [1.807, 2.05) is 13.8 Å². The van der Waals surface area contributed by atoms with Crippen molar-refractivity contribution in [1.82, 2.24) is 0 Å². The highest BCUT2D eigenvalue weighted by Crippen LogP contribution is 1.73. The van der Waals surface area contributed by atoms with Crippen LogP contribution in [0, 0.1) is 0 Å². The standard InChI is InChI=1S/C4H8.H2S/c1-4(2)3;/h1H2,2-3H3;1H2. The van der Waals surface area contributed by atoms with Crippen LogP contribution in [0.25, 0.3) is 0 Å². The molecule has 0 radical (unpaired) electrons. The summed E-state index contributed by atoms with van der Waals surface area (Å²) in [6.07, 6.45) is 0. The summed E-state index contributed by atoms with van der Waals surface area (Å²) < 4.78 is 0. The van der Waals surface area contributed by atoms with Gasteiger partial charge in [-0.2, -0.15) is 13.5 Å². The fourth-order valence-corrected chi connectivity index (χ4v) is 0. The predicted molar refractivity (Wildman–Crippen MR) is 30.9 cm³/mol. The minimum atomic E-state index is 0. The van der Waals surface area contributed by atoms with Gasteiger partial charge in [0.05, 0.1) is 0 Å². The lowest BCUT2D eigenvalue weighted by Crippen LogP contribution is -1.43. The molecular weight excluding hydrogens is 80.1 g/mol. The normalized spacial score (nSPS) is 5.20. The summed E-state index contributed by atoms with van der Waals surface area (Å²) in [4.78, 5) is 0. The average molecular weight is 90.2 g/mol. The molecule has 0 nitrogen and oxygen atoms in total. The molecule has 0 atom stereocenters. The second-order valence-corrected chi connectivity index (χ2v) is 1.21. The van der Waals surface area contributed by atoms with E-state index in [0.29, 0.717) is 0 Å². The van der Waals surface area contributed by atoms with Crippen molar-refractivity contribution >= 4 is 13.5 Å². The van der Waals surface area contributed by atoms with Crippen molar-refractivity contribution in [2.75, 3.05) is 0 Å². The molecule has 0 N–H and O–H groups in total. The lowest BCUT2D eigenvalue weighted by atomic mass is 10.4. The number of rotatable bonds is 0. The number of hydrogen-bond acceptors (Lipinski definition) is 0. The van der Waals surface area contributed by atoms with Gasteiger partial charge in [0.15, 0.2) is 0 Å². The van der Waals surface area contributed by atoms with E-state index in [2.05, 4.69) is 6.58 Å². The molecule has 0 aliphatic heterocycles. The fraction of sp³-hybridized carbons (Fsp3) is 0.500. The lowest BCUT2D eigenvalue weighted by molar-refractivity contribution is 1.42. The Morgan fingerprint density at radius 1 is 1.40 bits per heavy atom. The first-order valence-electron chi connectivity index (χ1n) is 1.35. The second kappa shape index (κ2) is 4.09. The Balaban J connectivity index is 0. The van der Waals surface area contributed by atoms with Gasteiger partial charge < -0.3 is 0 Å².